The molecule has 0 saturated heterocycles. The van der Waals surface area contributed by atoms with Gasteiger partial charge in [-0.05, 0) is 18.2 Å². The molecule has 1 aromatic carbocycles. The molecule has 10 heteroatoms. The molecule has 7 nitrogen and oxygen atoms in total. The zero-order valence-electron chi connectivity index (χ0n) is 12.9. The minimum Gasteiger partial charge on any atom is -0.465 e. The van der Waals surface area contributed by atoms with Gasteiger partial charge in [0.2, 0.25) is 10.0 Å². The average Bonchev–Trinajstić information content (AvgIpc) is 3.02. The molecule has 0 aliphatic carbocycles. The lowest BCUT2D eigenvalue weighted by molar-refractivity contribution is 0.0599. The number of rotatable bonds is 6. The largest absolute Gasteiger partial charge is 0.465 e. The summed E-state index contributed by atoms with van der Waals surface area (Å²) in [4.78, 5) is 15.1. The van der Waals surface area contributed by atoms with E-state index < -0.39 is 22.5 Å². The molecular formula is C14H15F2N3O4S. The average molecular weight is 359 g/mol. The number of hydrogen-bond donors (Lipinski definition) is 0. The van der Waals surface area contributed by atoms with Crippen LogP contribution in [-0.2, 0) is 21.3 Å². The summed E-state index contributed by atoms with van der Waals surface area (Å²) in [5.74, 6) is -0.775. The highest BCUT2D eigenvalue weighted by Crippen LogP contribution is 2.20. The molecule has 0 saturated carbocycles. The Morgan fingerprint density at radius 2 is 2.12 bits per heavy atom. The summed E-state index contributed by atoms with van der Waals surface area (Å²) in [6.07, 6.45) is 2.23. The number of nitrogens with zero attached hydrogens (tertiary/aromatic N) is 3. The van der Waals surface area contributed by atoms with Crippen LogP contribution in [0.15, 0.2) is 41.6 Å². The van der Waals surface area contributed by atoms with Crippen molar-refractivity contribution in [1.29, 1.82) is 0 Å². The molecule has 0 bridgehead atoms. The van der Waals surface area contributed by atoms with Crippen LogP contribution in [0.5, 0.6) is 0 Å². The fourth-order valence-electron chi connectivity index (χ4n) is 2.01. The standard InChI is InChI=1S/C14H15F2N3O4S/c1-18(9-12-17-6-7-19(12)14(15)16)24(21,22)11-5-3-4-10(8-11)13(20)23-2/h3-8,14H,9H2,1-2H3. The van der Waals surface area contributed by atoms with Crippen LogP contribution in [0.1, 0.15) is 22.7 Å². The Bertz CT molecular complexity index is 836. The molecule has 0 radical (unpaired) electrons. The summed E-state index contributed by atoms with van der Waals surface area (Å²) in [6.45, 7) is -3.16. The van der Waals surface area contributed by atoms with Crippen LogP contribution in [0.3, 0.4) is 0 Å². The summed E-state index contributed by atoms with van der Waals surface area (Å²) in [5.41, 5.74) is 0.0704. The Balaban J connectivity index is 2.29. The van der Waals surface area contributed by atoms with Gasteiger partial charge < -0.3 is 4.74 Å². The van der Waals surface area contributed by atoms with Gasteiger partial charge in [0.15, 0.2) is 0 Å². The van der Waals surface area contributed by atoms with Crippen molar-refractivity contribution < 1.29 is 26.7 Å². The number of ether oxygens (including phenoxy) is 1. The third-order valence-corrected chi connectivity index (χ3v) is 5.09. The van der Waals surface area contributed by atoms with Crippen LogP contribution in [0.2, 0.25) is 0 Å². The molecular weight excluding hydrogens is 344 g/mol. The third-order valence-electron chi connectivity index (χ3n) is 3.29. The van der Waals surface area contributed by atoms with Crippen molar-refractivity contribution in [1.82, 2.24) is 13.9 Å². The molecule has 0 atom stereocenters. The number of imidazole rings is 1. The number of hydrogen-bond acceptors (Lipinski definition) is 5. The number of sulfonamides is 1. The van der Waals surface area contributed by atoms with Crippen molar-refractivity contribution in [2.75, 3.05) is 14.2 Å². The zero-order chi connectivity index (χ0) is 17.9. The minimum absolute atomic E-state index is 0.0704. The van der Waals surface area contributed by atoms with Crippen molar-refractivity contribution in [3.63, 3.8) is 0 Å². The van der Waals surface area contributed by atoms with E-state index in [4.69, 9.17) is 0 Å². The van der Waals surface area contributed by atoms with E-state index in [1.807, 2.05) is 0 Å². The van der Waals surface area contributed by atoms with E-state index in [1.165, 1.54) is 38.6 Å². The first-order chi connectivity index (χ1) is 11.3. The molecule has 1 heterocycles. The summed E-state index contributed by atoms with van der Waals surface area (Å²) < 4.78 is 56.7. The van der Waals surface area contributed by atoms with E-state index in [0.717, 1.165) is 16.6 Å². The van der Waals surface area contributed by atoms with Crippen LogP contribution in [0.25, 0.3) is 0 Å². The van der Waals surface area contributed by atoms with Gasteiger partial charge in [-0.2, -0.15) is 13.1 Å². The summed E-state index contributed by atoms with van der Waals surface area (Å²) >= 11 is 0. The Hall–Kier alpha value is -2.33. The van der Waals surface area contributed by atoms with Crippen LogP contribution in [0, 0.1) is 0 Å². The van der Waals surface area contributed by atoms with Gasteiger partial charge in [-0.25, -0.2) is 18.2 Å². The second-order valence-corrected chi connectivity index (χ2v) is 6.85. The number of halogens is 2. The Kier molecular flexibility index (Phi) is 5.30. The lowest BCUT2D eigenvalue weighted by Gasteiger charge is -2.18. The Morgan fingerprint density at radius 3 is 2.75 bits per heavy atom. The highest BCUT2D eigenvalue weighted by molar-refractivity contribution is 7.89. The van der Waals surface area contributed by atoms with Crippen molar-refractivity contribution >= 4 is 16.0 Å². The first-order valence-electron chi connectivity index (χ1n) is 6.72. The summed E-state index contributed by atoms with van der Waals surface area (Å²) in [7, 11) is -1.57. The van der Waals surface area contributed by atoms with Gasteiger partial charge in [-0.1, -0.05) is 6.07 Å². The second kappa shape index (κ2) is 7.05. The summed E-state index contributed by atoms with van der Waals surface area (Å²) in [5, 5.41) is 0. The lowest BCUT2D eigenvalue weighted by atomic mass is 10.2. The molecule has 0 amide bonds. The maximum absolute atomic E-state index is 12.8. The van der Waals surface area contributed by atoms with Gasteiger partial charge >= 0.3 is 12.5 Å². The monoisotopic (exact) mass is 359 g/mol. The van der Waals surface area contributed by atoms with Crippen LogP contribution >= 0.6 is 0 Å². The third kappa shape index (κ3) is 3.60. The molecule has 0 spiro atoms. The maximum Gasteiger partial charge on any atom is 0.337 e. The Morgan fingerprint density at radius 1 is 1.42 bits per heavy atom. The number of esters is 1. The topological polar surface area (TPSA) is 81.5 Å². The molecule has 0 aliphatic rings. The summed E-state index contributed by atoms with van der Waals surface area (Å²) in [6, 6.07) is 5.27. The smallest absolute Gasteiger partial charge is 0.337 e. The molecule has 0 fully saturated rings. The second-order valence-electron chi connectivity index (χ2n) is 4.81. The first-order valence-corrected chi connectivity index (χ1v) is 8.16. The number of aromatic nitrogens is 2. The lowest BCUT2D eigenvalue weighted by Crippen LogP contribution is -2.28. The van der Waals surface area contributed by atoms with Gasteiger partial charge in [0.25, 0.3) is 0 Å². The van der Waals surface area contributed by atoms with Gasteiger partial charge in [0.05, 0.1) is 24.1 Å². The quantitative estimate of drug-likeness (QED) is 0.736. The van der Waals surface area contributed by atoms with E-state index in [1.54, 1.807) is 0 Å². The number of carbonyl (C=O) groups excluding carboxylic acids is 1. The predicted octanol–water partition coefficient (Wildman–Crippen LogP) is 1.89. The highest BCUT2D eigenvalue weighted by atomic mass is 32.2. The van der Waals surface area contributed by atoms with E-state index in [0.29, 0.717) is 4.57 Å². The Labute approximate surface area is 137 Å². The fraction of sp³-hybridized carbons (Fsp3) is 0.286. The molecule has 0 aliphatic heterocycles. The van der Waals surface area contributed by atoms with E-state index in [2.05, 4.69) is 9.72 Å². The van der Waals surface area contributed by atoms with E-state index in [-0.39, 0.29) is 22.8 Å². The molecule has 0 N–H and O–H groups in total. The van der Waals surface area contributed by atoms with Gasteiger partial charge in [0.1, 0.15) is 5.82 Å². The molecule has 130 valence electrons. The van der Waals surface area contributed by atoms with Crippen molar-refractivity contribution in [2.45, 2.75) is 18.0 Å². The van der Waals surface area contributed by atoms with Crippen LogP contribution in [-0.4, -0.2) is 42.4 Å². The minimum atomic E-state index is -3.99. The number of carbonyl (C=O) groups is 1. The van der Waals surface area contributed by atoms with Gasteiger partial charge in [0, 0.05) is 19.4 Å². The molecule has 2 aromatic rings. The molecule has 2 rings (SSSR count). The zero-order valence-corrected chi connectivity index (χ0v) is 13.7. The van der Waals surface area contributed by atoms with E-state index in [9.17, 15) is 22.0 Å². The molecule has 1 aromatic heterocycles. The van der Waals surface area contributed by atoms with Crippen LogP contribution in [0.4, 0.5) is 8.78 Å². The van der Waals surface area contributed by atoms with Gasteiger partial charge in [-0.15, -0.1) is 0 Å². The van der Waals surface area contributed by atoms with Gasteiger partial charge in [-0.3, -0.25) is 4.57 Å². The first kappa shape index (κ1) is 18.0. The molecule has 0 unspecified atom stereocenters. The highest BCUT2D eigenvalue weighted by Gasteiger charge is 2.24. The number of alkyl halides is 2. The van der Waals surface area contributed by atoms with E-state index >= 15 is 0 Å². The SMILES string of the molecule is COC(=O)c1cccc(S(=O)(=O)N(C)Cc2nccn2C(F)F)c1. The normalized spacial score (nSPS) is 11.9. The predicted molar refractivity (Wildman–Crippen MR) is 79.9 cm³/mol. The van der Waals surface area contributed by atoms with Crippen molar-refractivity contribution in [2.24, 2.45) is 0 Å². The fourth-order valence-corrected chi connectivity index (χ4v) is 3.18. The maximum atomic E-state index is 12.8. The van der Waals surface area contributed by atoms with Crippen molar-refractivity contribution in [3.05, 3.63) is 48.0 Å². The number of benzene rings is 1. The van der Waals surface area contributed by atoms with Crippen molar-refractivity contribution in [3.8, 4) is 0 Å². The number of methoxy groups -OCH3 is 1. The van der Waals surface area contributed by atoms with Crippen LogP contribution < -0.4 is 0 Å². The molecule has 24 heavy (non-hydrogen) atoms.